The maximum atomic E-state index is 2.41. The molecule has 0 spiro atoms. The lowest BCUT2D eigenvalue weighted by molar-refractivity contribution is -0.466. The minimum absolute atomic E-state index is 0.397. The molecule has 0 saturated heterocycles. The normalized spacial score (nSPS) is 19.1. The van der Waals surface area contributed by atoms with Crippen molar-refractivity contribution in [3.8, 4) is 0 Å². The lowest BCUT2D eigenvalue weighted by Crippen LogP contribution is -2.15. The van der Waals surface area contributed by atoms with E-state index in [4.69, 9.17) is 0 Å². The maximum Gasteiger partial charge on any atom is 0.201 e. The van der Waals surface area contributed by atoms with Gasteiger partial charge in [-0.1, -0.05) is 35.9 Å². The van der Waals surface area contributed by atoms with Crippen LogP contribution < -0.4 is 0 Å². The second kappa shape index (κ2) is 4.42. The lowest BCUT2D eigenvalue weighted by atomic mass is 9.84. The van der Waals surface area contributed by atoms with Crippen LogP contribution in [0.4, 0.5) is 0 Å². The quantitative estimate of drug-likeness (QED) is 0.684. The van der Waals surface area contributed by atoms with Gasteiger partial charge in [0.1, 0.15) is 0 Å². The topological polar surface area (TPSA) is 3.01 Å². The van der Waals surface area contributed by atoms with E-state index in [0.717, 1.165) is 6.54 Å². The van der Waals surface area contributed by atoms with Gasteiger partial charge in [-0.2, -0.15) is 4.58 Å². The second-order valence-electron chi connectivity index (χ2n) is 6.30. The molecule has 0 amide bonds. The van der Waals surface area contributed by atoms with Crippen molar-refractivity contribution < 1.29 is 4.58 Å². The molecular weight excluding hydrogens is 254 g/mol. The number of hydrogen-bond donors (Lipinski definition) is 0. The molecule has 0 bridgehead atoms. The van der Waals surface area contributed by atoms with E-state index in [1.54, 1.807) is 0 Å². The van der Waals surface area contributed by atoms with Crippen molar-refractivity contribution in [2.45, 2.75) is 33.2 Å². The minimum atomic E-state index is 0.397. The number of hydrogen-bond acceptors (Lipinski definition) is 0. The Hall–Kier alpha value is -2.15. The fourth-order valence-electron chi connectivity index (χ4n) is 4.01. The molecule has 0 radical (unpaired) electrons. The third-order valence-electron chi connectivity index (χ3n) is 4.75. The van der Waals surface area contributed by atoms with E-state index in [1.807, 2.05) is 0 Å². The highest BCUT2D eigenvalue weighted by atomic mass is 15.0. The molecule has 0 aromatic heterocycles. The second-order valence-corrected chi connectivity index (χ2v) is 6.30. The first-order valence-corrected chi connectivity index (χ1v) is 7.63. The summed E-state index contributed by atoms with van der Waals surface area (Å²) in [6.45, 7) is 7.68. The Kier molecular flexibility index (Phi) is 2.65. The van der Waals surface area contributed by atoms with Crippen LogP contribution in [0.15, 0.2) is 48.7 Å². The van der Waals surface area contributed by atoms with Crippen molar-refractivity contribution in [3.05, 3.63) is 82.1 Å². The van der Waals surface area contributed by atoms with Crippen LogP contribution in [0, 0.1) is 20.8 Å². The Morgan fingerprint density at radius 3 is 2.48 bits per heavy atom. The molecule has 0 aliphatic carbocycles. The molecule has 104 valence electrons. The van der Waals surface area contributed by atoms with Crippen molar-refractivity contribution in [2.75, 3.05) is 0 Å². The van der Waals surface area contributed by atoms with Gasteiger partial charge >= 0.3 is 0 Å². The Bertz CT molecular complexity index is 785. The molecule has 2 heterocycles. The molecule has 1 nitrogen and oxygen atoms in total. The highest BCUT2D eigenvalue weighted by Crippen LogP contribution is 2.36. The van der Waals surface area contributed by atoms with Crippen molar-refractivity contribution in [2.24, 2.45) is 0 Å². The van der Waals surface area contributed by atoms with Crippen LogP contribution in [0.25, 0.3) is 0 Å². The van der Waals surface area contributed by atoms with Crippen molar-refractivity contribution in [1.82, 2.24) is 0 Å². The zero-order valence-electron chi connectivity index (χ0n) is 12.9. The summed E-state index contributed by atoms with van der Waals surface area (Å²) in [7, 11) is 0. The van der Waals surface area contributed by atoms with Gasteiger partial charge in [0.2, 0.25) is 5.71 Å². The van der Waals surface area contributed by atoms with E-state index in [1.165, 1.54) is 39.1 Å². The molecule has 2 aromatic carbocycles. The van der Waals surface area contributed by atoms with Gasteiger partial charge < -0.3 is 0 Å². The number of benzene rings is 2. The van der Waals surface area contributed by atoms with Gasteiger partial charge in [-0.25, -0.2) is 0 Å². The third kappa shape index (κ3) is 1.80. The lowest BCUT2D eigenvalue weighted by Gasteiger charge is -2.15. The summed E-state index contributed by atoms with van der Waals surface area (Å²) in [5, 5.41) is 0. The van der Waals surface area contributed by atoms with Crippen LogP contribution in [0.1, 0.15) is 39.3 Å². The number of nitrogens with zero attached hydrogens (tertiary/aromatic N) is 1. The standard InChI is InChI=1S/C20H20N/c1-13-10-14(2)19(15(3)11-13)18-8-9-21-12-16-6-4-5-7-17(16)20(18)21/h4-11,18H,12H2,1-3H3/q+1. The average molecular weight is 274 g/mol. The summed E-state index contributed by atoms with van der Waals surface area (Å²) < 4.78 is 2.41. The highest BCUT2D eigenvalue weighted by molar-refractivity contribution is 6.06. The molecule has 4 rings (SSSR count). The summed E-state index contributed by atoms with van der Waals surface area (Å²) in [6, 6.07) is 13.4. The van der Waals surface area contributed by atoms with Crippen LogP contribution in [-0.2, 0) is 6.54 Å². The van der Waals surface area contributed by atoms with E-state index in [0.29, 0.717) is 5.92 Å². The SMILES string of the molecule is Cc1cc(C)c(C2C=C[N+]3=C2c2ccccc2C3)c(C)c1. The first-order chi connectivity index (χ1) is 10.1. The molecular formula is C20H20N+. The summed E-state index contributed by atoms with van der Waals surface area (Å²) in [5.41, 5.74) is 9.97. The summed E-state index contributed by atoms with van der Waals surface area (Å²) in [6.07, 6.45) is 4.62. The van der Waals surface area contributed by atoms with Crippen molar-refractivity contribution >= 4 is 5.71 Å². The Morgan fingerprint density at radius 1 is 1.00 bits per heavy atom. The largest absolute Gasteiger partial charge is 0.201 e. The van der Waals surface area contributed by atoms with Gasteiger partial charge in [0.05, 0.1) is 11.5 Å². The fourth-order valence-corrected chi connectivity index (χ4v) is 4.01. The Labute approximate surface area is 126 Å². The van der Waals surface area contributed by atoms with E-state index in [-0.39, 0.29) is 0 Å². The smallest absolute Gasteiger partial charge is 0.197 e. The van der Waals surface area contributed by atoms with Gasteiger partial charge in [0.25, 0.3) is 0 Å². The van der Waals surface area contributed by atoms with Gasteiger partial charge in [0.15, 0.2) is 12.7 Å². The maximum absolute atomic E-state index is 2.41. The molecule has 1 unspecified atom stereocenters. The molecule has 0 N–H and O–H groups in total. The fraction of sp³-hybridized carbons (Fsp3) is 0.250. The van der Waals surface area contributed by atoms with Gasteiger partial charge in [-0.05, 0) is 49.6 Å². The summed E-state index contributed by atoms with van der Waals surface area (Å²) >= 11 is 0. The Balaban J connectivity index is 1.88. The molecule has 2 aliphatic heterocycles. The predicted octanol–water partition coefficient (Wildman–Crippen LogP) is 4.24. The van der Waals surface area contributed by atoms with Gasteiger partial charge in [-0.3, -0.25) is 0 Å². The first kappa shape index (κ1) is 12.6. The number of allylic oxidation sites excluding steroid dienone is 1. The van der Waals surface area contributed by atoms with Crippen molar-refractivity contribution in [1.29, 1.82) is 0 Å². The van der Waals surface area contributed by atoms with Crippen molar-refractivity contribution in [3.63, 3.8) is 0 Å². The number of rotatable bonds is 1. The van der Waals surface area contributed by atoms with Crippen LogP contribution >= 0.6 is 0 Å². The highest BCUT2D eigenvalue weighted by Gasteiger charge is 2.38. The molecule has 2 aromatic rings. The predicted molar refractivity (Wildman–Crippen MR) is 87.0 cm³/mol. The average Bonchev–Trinajstić information content (AvgIpc) is 2.97. The molecule has 1 heteroatoms. The van der Waals surface area contributed by atoms with E-state index in [2.05, 4.69) is 74.0 Å². The first-order valence-electron chi connectivity index (χ1n) is 7.63. The van der Waals surface area contributed by atoms with Crippen LogP contribution in [0.3, 0.4) is 0 Å². The van der Waals surface area contributed by atoms with E-state index < -0.39 is 0 Å². The van der Waals surface area contributed by atoms with Crippen LogP contribution in [-0.4, -0.2) is 10.3 Å². The van der Waals surface area contributed by atoms with Gasteiger partial charge in [-0.15, -0.1) is 0 Å². The summed E-state index contributed by atoms with van der Waals surface area (Å²) in [4.78, 5) is 0. The zero-order chi connectivity index (χ0) is 14.6. The monoisotopic (exact) mass is 274 g/mol. The third-order valence-corrected chi connectivity index (χ3v) is 4.75. The van der Waals surface area contributed by atoms with Crippen LogP contribution in [0.2, 0.25) is 0 Å². The number of fused-ring (bicyclic) bond motifs is 2. The Morgan fingerprint density at radius 2 is 1.71 bits per heavy atom. The molecule has 21 heavy (non-hydrogen) atoms. The zero-order valence-corrected chi connectivity index (χ0v) is 12.9. The van der Waals surface area contributed by atoms with Gasteiger partial charge in [0, 0.05) is 5.56 Å². The van der Waals surface area contributed by atoms with Crippen LogP contribution in [0.5, 0.6) is 0 Å². The molecule has 1 atom stereocenters. The molecule has 2 aliphatic rings. The van der Waals surface area contributed by atoms with E-state index >= 15 is 0 Å². The summed E-state index contributed by atoms with van der Waals surface area (Å²) in [5.74, 6) is 0.397. The minimum Gasteiger partial charge on any atom is -0.197 e. The molecule has 0 fully saturated rings. The number of aryl methyl sites for hydroxylation is 3. The van der Waals surface area contributed by atoms with E-state index in [9.17, 15) is 0 Å². The molecule has 0 saturated carbocycles.